The fourth-order valence-corrected chi connectivity index (χ4v) is 1.98. The quantitative estimate of drug-likeness (QED) is 0.905. The number of furan rings is 1. The molecule has 0 bridgehead atoms. The molecule has 0 fully saturated rings. The van der Waals surface area contributed by atoms with E-state index in [0.29, 0.717) is 5.22 Å². The molecule has 17 heavy (non-hydrogen) atoms. The van der Waals surface area contributed by atoms with Gasteiger partial charge < -0.3 is 9.73 Å². The summed E-state index contributed by atoms with van der Waals surface area (Å²) in [6.07, 6.45) is 3.65. The van der Waals surface area contributed by atoms with Gasteiger partial charge in [0.1, 0.15) is 5.76 Å². The molecule has 0 aromatic carbocycles. The van der Waals surface area contributed by atoms with Crippen LogP contribution in [0.25, 0.3) is 0 Å². The minimum atomic E-state index is 0.00111. The standard InChI is InChI=1S/C13H15ClN2O/c1-3-16-13(11-4-5-12(14)17-11)10-8-15-7-6-9(10)2/h4-8,13,16H,3H2,1-2H3. The van der Waals surface area contributed by atoms with Crippen LogP contribution in [-0.4, -0.2) is 11.5 Å². The first-order valence-corrected chi connectivity index (χ1v) is 5.99. The van der Waals surface area contributed by atoms with Crippen molar-refractivity contribution in [3.05, 3.63) is 52.7 Å². The van der Waals surface area contributed by atoms with Crippen molar-refractivity contribution >= 4 is 11.6 Å². The largest absolute Gasteiger partial charge is 0.448 e. The van der Waals surface area contributed by atoms with Gasteiger partial charge in [0.2, 0.25) is 0 Å². The zero-order chi connectivity index (χ0) is 12.3. The number of rotatable bonds is 4. The Hall–Kier alpha value is -1.32. The van der Waals surface area contributed by atoms with Gasteiger partial charge >= 0.3 is 0 Å². The number of nitrogens with zero attached hydrogens (tertiary/aromatic N) is 1. The molecule has 0 radical (unpaired) electrons. The summed E-state index contributed by atoms with van der Waals surface area (Å²) in [4.78, 5) is 4.17. The summed E-state index contributed by atoms with van der Waals surface area (Å²) in [5, 5.41) is 3.78. The molecule has 1 atom stereocenters. The summed E-state index contributed by atoms with van der Waals surface area (Å²) >= 11 is 5.82. The normalized spacial score (nSPS) is 12.6. The molecule has 0 aliphatic heterocycles. The Morgan fingerprint density at radius 3 is 2.82 bits per heavy atom. The lowest BCUT2D eigenvalue weighted by Crippen LogP contribution is -2.22. The molecule has 0 aliphatic carbocycles. The molecule has 2 aromatic rings. The molecule has 0 saturated heterocycles. The number of pyridine rings is 1. The van der Waals surface area contributed by atoms with Crippen molar-refractivity contribution in [2.45, 2.75) is 19.9 Å². The van der Waals surface area contributed by atoms with E-state index in [0.717, 1.165) is 17.9 Å². The first kappa shape index (κ1) is 12.1. The van der Waals surface area contributed by atoms with Crippen molar-refractivity contribution < 1.29 is 4.42 Å². The topological polar surface area (TPSA) is 38.1 Å². The van der Waals surface area contributed by atoms with Crippen LogP contribution in [0.5, 0.6) is 0 Å². The van der Waals surface area contributed by atoms with Gasteiger partial charge in [-0.3, -0.25) is 4.98 Å². The van der Waals surface area contributed by atoms with Crippen LogP contribution in [0.4, 0.5) is 0 Å². The van der Waals surface area contributed by atoms with Crippen LogP contribution < -0.4 is 5.32 Å². The van der Waals surface area contributed by atoms with E-state index in [-0.39, 0.29) is 6.04 Å². The molecule has 4 heteroatoms. The number of aryl methyl sites for hydroxylation is 1. The summed E-state index contributed by atoms with van der Waals surface area (Å²) < 4.78 is 5.48. The maximum Gasteiger partial charge on any atom is 0.193 e. The van der Waals surface area contributed by atoms with E-state index in [1.165, 1.54) is 5.56 Å². The highest BCUT2D eigenvalue weighted by atomic mass is 35.5. The zero-order valence-electron chi connectivity index (χ0n) is 9.90. The Morgan fingerprint density at radius 1 is 1.41 bits per heavy atom. The summed E-state index contributed by atoms with van der Waals surface area (Å²) in [6, 6.07) is 5.64. The van der Waals surface area contributed by atoms with E-state index in [4.69, 9.17) is 16.0 Å². The van der Waals surface area contributed by atoms with Crippen molar-refractivity contribution in [3.63, 3.8) is 0 Å². The van der Waals surface area contributed by atoms with Crippen molar-refractivity contribution in [1.82, 2.24) is 10.3 Å². The van der Waals surface area contributed by atoms with E-state index in [2.05, 4.69) is 24.1 Å². The molecule has 1 unspecified atom stereocenters. The molecule has 3 nitrogen and oxygen atoms in total. The number of aromatic nitrogens is 1. The van der Waals surface area contributed by atoms with Gasteiger partial charge in [-0.05, 0) is 54.4 Å². The first-order chi connectivity index (χ1) is 8.22. The van der Waals surface area contributed by atoms with Crippen LogP contribution >= 0.6 is 11.6 Å². The number of hydrogen-bond acceptors (Lipinski definition) is 3. The van der Waals surface area contributed by atoms with E-state index in [1.807, 2.05) is 18.3 Å². The zero-order valence-corrected chi connectivity index (χ0v) is 10.7. The van der Waals surface area contributed by atoms with Crippen LogP contribution in [0.3, 0.4) is 0 Å². The number of hydrogen-bond donors (Lipinski definition) is 1. The number of halogens is 1. The predicted molar refractivity (Wildman–Crippen MR) is 68.2 cm³/mol. The molecular weight excluding hydrogens is 236 g/mol. The van der Waals surface area contributed by atoms with E-state index in [9.17, 15) is 0 Å². The molecule has 2 aromatic heterocycles. The molecule has 2 heterocycles. The summed E-state index contributed by atoms with van der Waals surface area (Å²) in [6.45, 7) is 4.96. The second kappa shape index (κ2) is 5.34. The van der Waals surface area contributed by atoms with Gasteiger partial charge in [0.25, 0.3) is 0 Å². The molecule has 90 valence electrons. The molecule has 0 saturated carbocycles. The first-order valence-electron chi connectivity index (χ1n) is 5.61. The molecule has 0 spiro atoms. The maximum absolute atomic E-state index is 5.82. The van der Waals surface area contributed by atoms with E-state index in [1.54, 1.807) is 12.3 Å². The molecular formula is C13H15ClN2O. The van der Waals surface area contributed by atoms with E-state index >= 15 is 0 Å². The van der Waals surface area contributed by atoms with Crippen molar-refractivity contribution in [3.8, 4) is 0 Å². The van der Waals surface area contributed by atoms with Crippen LogP contribution in [0.15, 0.2) is 35.0 Å². The maximum atomic E-state index is 5.82. The van der Waals surface area contributed by atoms with Gasteiger partial charge in [0, 0.05) is 12.4 Å². The van der Waals surface area contributed by atoms with Crippen LogP contribution in [-0.2, 0) is 0 Å². The fourth-order valence-electron chi connectivity index (χ4n) is 1.83. The van der Waals surface area contributed by atoms with Crippen LogP contribution in [0.1, 0.15) is 29.9 Å². The Kier molecular flexibility index (Phi) is 3.82. The second-order valence-electron chi connectivity index (χ2n) is 3.86. The third-order valence-corrected chi connectivity index (χ3v) is 2.88. The van der Waals surface area contributed by atoms with Crippen LogP contribution in [0, 0.1) is 6.92 Å². The minimum Gasteiger partial charge on any atom is -0.448 e. The SMILES string of the molecule is CCNC(c1ccc(Cl)o1)c1cnccc1C. The lowest BCUT2D eigenvalue weighted by Gasteiger charge is -2.17. The van der Waals surface area contributed by atoms with Gasteiger partial charge in [-0.25, -0.2) is 0 Å². The molecule has 0 aliphatic rings. The fraction of sp³-hybridized carbons (Fsp3) is 0.308. The third kappa shape index (κ3) is 2.68. The Labute approximate surface area is 106 Å². The second-order valence-corrected chi connectivity index (χ2v) is 4.24. The predicted octanol–water partition coefficient (Wildman–Crippen LogP) is 3.34. The van der Waals surface area contributed by atoms with Gasteiger partial charge in [-0.2, -0.15) is 0 Å². The smallest absolute Gasteiger partial charge is 0.193 e. The Balaban J connectivity index is 2.39. The number of nitrogens with one attached hydrogen (secondary N) is 1. The third-order valence-electron chi connectivity index (χ3n) is 2.68. The minimum absolute atomic E-state index is 0.00111. The lowest BCUT2D eigenvalue weighted by atomic mass is 10.0. The lowest BCUT2D eigenvalue weighted by molar-refractivity contribution is 0.452. The van der Waals surface area contributed by atoms with Crippen molar-refractivity contribution in [2.24, 2.45) is 0 Å². The molecule has 0 amide bonds. The highest BCUT2D eigenvalue weighted by Gasteiger charge is 2.18. The summed E-state index contributed by atoms with van der Waals surface area (Å²) in [5.74, 6) is 0.813. The van der Waals surface area contributed by atoms with Crippen molar-refractivity contribution in [1.29, 1.82) is 0 Å². The van der Waals surface area contributed by atoms with Crippen LogP contribution in [0.2, 0.25) is 5.22 Å². The summed E-state index contributed by atoms with van der Waals surface area (Å²) in [5.41, 5.74) is 2.29. The van der Waals surface area contributed by atoms with Gasteiger partial charge in [0.05, 0.1) is 6.04 Å². The molecule has 1 N–H and O–H groups in total. The summed E-state index contributed by atoms with van der Waals surface area (Å²) in [7, 11) is 0. The average molecular weight is 251 g/mol. The van der Waals surface area contributed by atoms with Gasteiger partial charge in [0.15, 0.2) is 5.22 Å². The monoisotopic (exact) mass is 250 g/mol. The molecule has 2 rings (SSSR count). The average Bonchev–Trinajstić information content (AvgIpc) is 2.74. The highest BCUT2D eigenvalue weighted by Crippen LogP contribution is 2.27. The Bertz CT molecular complexity index is 496. The van der Waals surface area contributed by atoms with Crippen molar-refractivity contribution in [2.75, 3.05) is 6.54 Å². The Morgan fingerprint density at radius 2 is 2.24 bits per heavy atom. The van der Waals surface area contributed by atoms with Gasteiger partial charge in [-0.15, -0.1) is 0 Å². The van der Waals surface area contributed by atoms with E-state index < -0.39 is 0 Å². The van der Waals surface area contributed by atoms with Gasteiger partial charge in [-0.1, -0.05) is 6.92 Å². The highest BCUT2D eigenvalue weighted by molar-refractivity contribution is 6.28.